The summed E-state index contributed by atoms with van der Waals surface area (Å²) in [7, 11) is 3.30. The lowest BCUT2D eigenvalue weighted by Gasteiger charge is -2.23. The van der Waals surface area contributed by atoms with Crippen molar-refractivity contribution < 1.29 is 13.9 Å². The van der Waals surface area contributed by atoms with Gasteiger partial charge in [-0.15, -0.1) is 0 Å². The molecule has 100 valence electrons. The molecule has 0 radical (unpaired) electrons. The Kier molecular flexibility index (Phi) is 5.28. The maximum atomic E-state index is 13.5. The van der Waals surface area contributed by atoms with Crippen molar-refractivity contribution in [1.29, 1.82) is 0 Å². The molecule has 1 aromatic rings. The highest BCUT2D eigenvalue weighted by molar-refractivity contribution is 5.83. The van der Waals surface area contributed by atoms with Gasteiger partial charge in [-0.25, -0.2) is 4.39 Å². The van der Waals surface area contributed by atoms with Crippen molar-refractivity contribution >= 4 is 5.78 Å². The van der Waals surface area contributed by atoms with Crippen molar-refractivity contribution in [2.75, 3.05) is 14.2 Å². The third-order valence-corrected chi connectivity index (χ3v) is 3.12. The van der Waals surface area contributed by atoms with Gasteiger partial charge in [0.2, 0.25) is 0 Å². The number of benzene rings is 1. The number of halogens is 1. The Balaban J connectivity index is 2.73. The Morgan fingerprint density at radius 3 is 2.67 bits per heavy atom. The van der Waals surface area contributed by atoms with Crippen LogP contribution >= 0.6 is 0 Å². The fraction of sp³-hybridized carbons (Fsp3) is 0.500. The Bertz CT molecular complexity index is 420. The first-order valence-corrected chi connectivity index (χ1v) is 6.05. The lowest BCUT2D eigenvalue weighted by atomic mass is 10.1. The smallest absolute Gasteiger partial charge is 0.165 e. The van der Waals surface area contributed by atoms with Crippen LogP contribution in [-0.4, -0.2) is 30.9 Å². The zero-order chi connectivity index (χ0) is 13.7. The van der Waals surface area contributed by atoms with Gasteiger partial charge in [0.1, 0.15) is 5.78 Å². The van der Waals surface area contributed by atoms with Gasteiger partial charge in [-0.1, -0.05) is 13.0 Å². The van der Waals surface area contributed by atoms with Gasteiger partial charge < -0.3 is 4.74 Å². The quantitative estimate of drug-likeness (QED) is 0.780. The van der Waals surface area contributed by atoms with E-state index in [9.17, 15) is 9.18 Å². The number of hydrogen-bond acceptors (Lipinski definition) is 3. The van der Waals surface area contributed by atoms with E-state index >= 15 is 0 Å². The van der Waals surface area contributed by atoms with Crippen LogP contribution in [0.5, 0.6) is 5.75 Å². The Labute approximate surface area is 108 Å². The first-order chi connectivity index (χ1) is 8.49. The van der Waals surface area contributed by atoms with E-state index in [1.54, 1.807) is 6.07 Å². The third kappa shape index (κ3) is 3.53. The van der Waals surface area contributed by atoms with Crippen LogP contribution in [0.3, 0.4) is 0 Å². The van der Waals surface area contributed by atoms with Crippen LogP contribution in [0.25, 0.3) is 0 Å². The number of nitrogens with zero attached hydrogens (tertiary/aromatic N) is 1. The summed E-state index contributed by atoms with van der Waals surface area (Å²) in [6.07, 6.45) is 0.516. The molecule has 0 saturated carbocycles. The molecule has 0 amide bonds. The van der Waals surface area contributed by atoms with E-state index in [0.29, 0.717) is 13.0 Å². The number of ketones is 1. The van der Waals surface area contributed by atoms with Gasteiger partial charge in [0.25, 0.3) is 0 Å². The molecule has 1 rings (SSSR count). The minimum Gasteiger partial charge on any atom is -0.494 e. The summed E-state index contributed by atoms with van der Waals surface area (Å²) in [6.45, 7) is 4.25. The van der Waals surface area contributed by atoms with E-state index in [-0.39, 0.29) is 23.4 Å². The molecule has 0 aliphatic rings. The molecule has 0 aliphatic heterocycles. The molecule has 4 heteroatoms. The summed E-state index contributed by atoms with van der Waals surface area (Å²) in [5.41, 5.74) is 0.826. The second-order valence-electron chi connectivity index (χ2n) is 4.38. The number of methoxy groups -OCH3 is 1. The number of carbonyl (C=O) groups excluding carboxylic acids is 1. The molecular weight excluding hydrogens is 233 g/mol. The molecule has 0 N–H and O–H groups in total. The predicted molar refractivity (Wildman–Crippen MR) is 69.2 cm³/mol. The zero-order valence-corrected chi connectivity index (χ0v) is 11.4. The van der Waals surface area contributed by atoms with Gasteiger partial charge in [0.05, 0.1) is 13.2 Å². The number of hydrogen-bond donors (Lipinski definition) is 0. The summed E-state index contributed by atoms with van der Waals surface area (Å²) >= 11 is 0. The highest BCUT2D eigenvalue weighted by Crippen LogP contribution is 2.19. The number of likely N-dealkylation sites (N-methyl/N-ethyl adjacent to an activating group) is 1. The van der Waals surface area contributed by atoms with Gasteiger partial charge in [-0.3, -0.25) is 9.69 Å². The Morgan fingerprint density at radius 1 is 1.50 bits per heavy atom. The second kappa shape index (κ2) is 6.50. The number of ether oxygens (including phenoxy) is 1. The lowest BCUT2D eigenvalue weighted by Crippen LogP contribution is -2.35. The van der Waals surface area contributed by atoms with Gasteiger partial charge in [0, 0.05) is 13.0 Å². The van der Waals surface area contributed by atoms with Crippen molar-refractivity contribution in [3.63, 3.8) is 0 Å². The lowest BCUT2D eigenvalue weighted by molar-refractivity contribution is -0.123. The Morgan fingerprint density at radius 2 is 2.17 bits per heavy atom. The highest BCUT2D eigenvalue weighted by Gasteiger charge is 2.16. The molecule has 0 aliphatic carbocycles. The van der Waals surface area contributed by atoms with Gasteiger partial charge in [0.15, 0.2) is 11.6 Å². The average molecular weight is 253 g/mol. The van der Waals surface area contributed by atoms with Crippen LogP contribution < -0.4 is 4.74 Å². The zero-order valence-electron chi connectivity index (χ0n) is 11.4. The van der Waals surface area contributed by atoms with Crippen LogP contribution in [0.4, 0.5) is 4.39 Å². The van der Waals surface area contributed by atoms with E-state index in [0.717, 1.165) is 5.56 Å². The highest BCUT2D eigenvalue weighted by atomic mass is 19.1. The molecule has 0 heterocycles. The minimum atomic E-state index is -0.377. The second-order valence-corrected chi connectivity index (χ2v) is 4.38. The van der Waals surface area contributed by atoms with Crippen molar-refractivity contribution in [2.45, 2.75) is 32.9 Å². The first kappa shape index (κ1) is 14.6. The topological polar surface area (TPSA) is 29.5 Å². The van der Waals surface area contributed by atoms with E-state index in [1.165, 1.54) is 13.2 Å². The third-order valence-electron chi connectivity index (χ3n) is 3.12. The summed E-state index contributed by atoms with van der Waals surface area (Å²) in [4.78, 5) is 13.5. The SMILES string of the molecule is CCC(=O)C(C)N(C)Cc1ccc(OC)c(F)c1. The van der Waals surface area contributed by atoms with Crippen molar-refractivity contribution in [3.8, 4) is 5.75 Å². The van der Waals surface area contributed by atoms with Gasteiger partial charge >= 0.3 is 0 Å². The molecule has 0 aromatic heterocycles. The maximum Gasteiger partial charge on any atom is 0.165 e. The van der Waals surface area contributed by atoms with Gasteiger partial charge in [-0.2, -0.15) is 0 Å². The molecule has 0 fully saturated rings. The van der Waals surface area contributed by atoms with Crippen molar-refractivity contribution in [1.82, 2.24) is 4.90 Å². The molecule has 0 spiro atoms. The summed E-state index contributed by atoms with van der Waals surface area (Å²) in [6, 6.07) is 4.70. The fourth-order valence-electron chi connectivity index (χ4n) is 1.77. The van der Waals surface area contributed by atoms with Crippen LogP contribution in [0, 0.1) is 5.82 Å². The average Bonchev–Trinajstić information content (AvgIpc) is 2.37. The van der Waals surface area contributed by atoms with Crippen LogP contribution in [0.15, 0.2) is 18.2 Å². The van der Waals surface area contributed by atoms with Gasteiger partial charge in [-0.05, 0) is 31.7 Å². The van der Waals surface area contributed by atoms with Crippen LogP contribution in [-0.2, 0) is 11.3 Å². The molecule has 1 aromatic carbocycles. The number of rotatable bonds is 6. The molecule has 3 nitrogen and oxygen atoms in total. The van der Waals surface area contributed by atoms with Crippen LogP contribution in [0.1, 0.15) is 25.8 Å². The Hall–Kier alpha value is -1.42. The summed E-state index contributed by atoms with van der Waals surface area (Å²) < 4.78 is 18.4. The fourth-order valence-corrected chi connectivity index (χ4v) is 1.77. The normalized spacial score (nSPS) is 12.6. The molecule has 0 bridgehead atoms. The minimum absolute atomic E-state index is 0.153. The predicted octanol–water partition coefficient (Wildman–Crippen LogP) is 2.63. The number of Topliss-reactive ketones (excluding diaryl/α,β-unsaturated/α-hetero) is 1. The largest absolute Gasteiger partial charge is 0.494 e. The molecule has 1 unspecified atom stereocenters. The standard InChI is InChI=1S/C14H20FNO2/c1-5-13(17)10(2)16(3)9-11-6-7-14(18-4)12(15)8-11/h6-8,10H,5,9H2,1-4H3. The monoisotopic (exact) mass is 253 g/mol. The van der Waals surface area contributed by atoms with E-state index in [1.807, 2.05) is 31.9 Å². The first-order valence-electron chi connectivity index (χ1n) is 6.05. The van der Waals surface area contributed by atoms with Crippen LogP contribution in [0.2, 0.25) is 0 Å². The molecule has 18 heavy (non-hydrogen) atoms. The summed E-state index contributed by atoms with van der Waals surface area (Å²) in [5, 5.41) is 0. The number of carbonyl (C=O) groups is 1. The van der Waals surface area contributed by atoms with Crippen molar-refractivity contribution in [3.05, 3.63) is 29.6 Å². The van der Waals surface area contributed by atoms with E-state index < -0.39 is 0 Å². The molecule has 1 atom stereocenters. The maximum absolute atomic E-state index is 13.5. The molecular formula is C14H20FNO2. The summed E-state index contributed by atoms with van der Waals surface area (Å²) in [5.74, 6) is 0.0449. The van der Waals surface area contributed by atoms with Crippen molar-refractivity contribution in [2.24, 2.45) is 0 Å². The van der Waals surface area contributed by atoms with E-state index in [4.69, 9.17) is 4.74 Å². The van der Waals surface area contributed by atoms with E-state index in [2.05, 4.69) is 0 Å². The molecule has 0 saturated heterocycles.